The Morgan fingerprint density at radius 2 is 1.88 bits per heavy atom. The van der Waals surface area contributed by atoms with Crippen molar-refractivity contribution in [1.29, 1.82) is 0 Å². The summed E-state index contributed by atoms with van der Waals surface area (Å²) in [5.41, 5.74) is 2.11. The van der Waals surface area contributed by atoms with Gasteiger partial charge in [0.2, 0.25) is 0 Å². The van der Waals surface area contributed by atoms with Gasteiger partial charge in [-0.15, -0.1) is 0 Å². The maximum Gasteiger partial charge on any atom is 0.340 e. The first-order chi connectivity index (χ1) is 11.5. The summed E-state index contributed by atoms with van der Waals surface area (Å²) in [5, 5.41) is 9.40. The molecular weight excluding hydrogens is 306 g/mol. The molecule has 3 rings (SSSR count). The summed E-state index contributed by atoms with van der Waals surface area (Å²) in [6.07, 6.45) is 5.82. The van der Waals surface area contributed by atoms with Crippen molar-refractivity contribution in [2.45, 2.75) is 38.6 Å². The van der Waals surface area contributed by atoms with Gasteiger partial charge in [-0.1, -0.05) is 25.0 Å². The lowest BCUT2D eigenvalue weighted by molar-refractivity contribution is -0.136. The van der Waals surface area contributed by atoms with Gasteiger partial charge in [-0.3, -0.25) is 4.79 Å². The third-order valence-electron chi connectivity index (χ3n) is 4.73. The van der Waals surface area contributed by atoms with E-state index in [1.54, 1.807) is 42.2 Å². The third kappa shape index (κ3) is 2.82. The van der Waals surface area contributed by atoms with E-state index in [1.165, 1.54) is 7.11 Å². The van der Waals surface area contributed by atoms with Gasteiger partial charge in [0.1, 0.15) is 5.75 Å². The molecule has 1 aliphatic carbocycles. The quantitative estimate of drug-likeness (QED) is 0.684. The second-order valence-electron chi connectivity index (χ2n) is 6.21. The molecule has 0 aromatic heterocycles. The molecule has 1 aromatic carbocycles. The lowest BCUT2D eigenvalue weighted by Gasteiger charge is -2.25. The molecule has 1 fully saturated rings. The molecule has 2 aliphatic rings. The van der Waals surface area contributed by atoms with Crippen molar-refractivity contribution in [2.75, 3.05) is 7.11 Å². The van der Waals surface area contributed by atoms with Crippen LogP contribution in [0.2, 0.25) is 0 Å². The van der Waals surface area contributed by atoms with Crippen LogP contribution in [0.4, 0.5) is 0 Å². The Bertz CT molecular complexity index is 724. The highest BCUT2D eigenvalue weighted by molar-refractivity contribution is 6.16. The summed E-state index contributed by atoms with van der Waals surface area (Å²) in [5.74, 6) is -0.485. The van der Waals surface area contributed by atoms with Crippen molar-refractivity contribution in [3.8, 4) is 5.75 Å². The maximum atomic E-state index is 13.0. The number of phenolic OH excluding ortho intramolecular Hbond substituents is 1. The van der Waals surface area contributed by atoms with Gasteiger partial charge in [-0.25, -0.2) is 4.79 Å². The fourth-order valence-corrected chi connectivity index (χ4v) is 3.54. The number of hydrogen-bond donors (Lipinski definition) is 1. The van der Waals surface area contributed by atoms with Gasteiger partial charge in [-0.05, 0) is 43.5 Å². The monoisotopic (exact) mass is 327 g/mol. The van der Waals surface area contributed by atoms with Crippen LogP contribution in [0.5, 0.6) is 5.75 Å². The number of rotatable bonds is 3. The fraction of sp³-hybridized carbons (Fsp3) is 0.368. The Kier molecular flexibility index (Phi) is 4.42. The predicted octanol–water partition coefficient (Wildman–Crippen LogP) is 3.01. The molecule has 1 aromatic rings. The van der Waals surface area contributed by atoms with Gasteiger partial charge in [-0.2, -0.15) is 0 Å². The molecule has 0 spiro atoms. The highest BCUT2D eigenvalue weighted by Gasteiger charge is 2.40. The van der Waals surface area contributed by atoms with Gasteiger partial charge in [0.05, 0.1) is 18.3 Å². The molecule has 5 nitrogen and oxygen atoms in total. The SMILES string of the molecule is COC(=O)C1=C(C)N(C2CCCC2)C(=O)C1=Cc1ccc(O)cc1. The minimum Gasteiger partial charge on any atom is -0.508 e. The van der Waals surface area contributed by atoms with E-state index in [1.807, 2.05) is 0 Å². The summed E-state index contributed by atoms with van der Waals surface area (Å²) in [7, 11) is 1.32. The van der Waals surface area contributed by atoms with Crippen molar-refractivity contribution in [1.82, 2.24) is 4.90 Å². The topological polar surface area (TPSA) is 66.8 Å². The van der Waals surface area contributed by atoms with Crippen LogP contribution in [0, 0.1) is 0 Å². The molecule has 0 bridgehead atoms. The number of benzene rings is 1. The number of amides is 1. The molecule has 24 heavy (non-hydrogen) atoms. The van der Waals surface area contributed by atoms with Crippen LogP contribution >= 0.6 is 0 Å². The number of carbonyl (C=O) groups is 2. The van der Waals surface area contributed by atoms with Crippen LogP contribution in [0.15, 0.2) is 41.1 Å². The Morgan fingerprint density at radius 1 is 1.25 bits per heavy atom. The van der Waals surface area contributed by atoms with Gasteiger partial charge in [0.15, 0.2) is 0 Å². The van der Waals surface area contributed by atoms with E-state index >= 15 is 0 Å². The van der Waals surface area contributed by atoms with E-state index < -0.39 is 5.97 Å². The Hall–Kier alpha value is -2.56. The number of methoxy groups -OCH3 is 1. The summed E-state index contributed by atoms with van der Waals surface area (Å²) < 4.78 is 4.89. The predicted molar refractivity (Wildman–Crippen MR) is 89.9 cm³/mol. The first-order valence-electron chi connectivity index (χ1n) is 8.16. The number of nitrogens with zero attached hydrogens (tertiary/aromatic N) is 1. The summed E-state index contributed by atoms with van der Waals surface area (Å²) in [6, 6.07) is 6.67. The van der Waals surface area contributed by atoms with Crippen LogP contribution in [-0.2, 0) is 14.3 Å². The number of esters is 1. The zero-order valence-electron chi connectivity index (χ0n) is 13.9. The van der Waals surface area contributed by atoms with Crippen LogP contribution in [0.3, 0.4) is 0 Å². The molecule has 1 aliphatic heterocycles. The van der Waals surface area contributed by atoms with Crippen molar-refractivity contribution in [3.63, 3.8) is 0 Å². The zero-order chi connectivity index (χ0) is 17.3. The molecule has 1 N–H and O–H groups in total. The van der Waals surface area contributed by atoms with E-state index in [2.05, 4.69) is 0 Å². The minimum absolute atomic E-state index is 0.145. The number of allylic oxidation sites excluding steroid dienone is 1. The molecule has 1 saturated carbocycles. The molecule has 1 heterocycles. The van der Waals surface area contributed by atoms with Crippen molar-refractivity contribution in [2.24, 2.45) is 0 Å². The lowest BCUT2D eigenvalue weighted by Crippen LogP contribution is -2.34. The van der Waals surface area contributed by atoms with Crippen LogP contribution in [0.25, 0.3) is 6.08 Å². The maximum absolute atomic E-state index is 13.0. The molecular formula is C19H21NO4. The first-order valence-corrected chi connectivity index (χ1v) is 8.16. The Morgan fingerprint density at radius 3 is 2.46 bits per heavy atom. The standard InChI is InChI=1S/C19H21NO4/c1-12-17(19(23)24-2)16(11-13-7-9-15(21)10-8-13)18(22)20(12)14-5-3-4-6-14/h7-11,14,21H,3-6H2,1-2H3. The van der Waals surface area contributed by atoms with Crippen LogP contribution in [0.1, 0.15) is 38.2 Å². The number of ether oxygens (including phenoxy) is 1. The van der Waals surface area contributed by atoms with Gasteiger partial charge in [0, 0.05) is 11.7 Å². The molecule has 126 valence electrons. The molecule has 5 heteroatoms. The number of hydrogen-bond acceptors (Lipinski definition) is 4. The second kappa shape index (κ2) is 6.51. The first kappa shape index (κ1) is 16.3. The van der Waals surface area contributed by atoms with E-state index in [9.17, 15) is 14.7 Å². The lowest BCUT2D eigenvalue weighted by atomic mass is 10.0. The van der Waals surface area contributed by atoms with Gasteiger partial charge < -0.3 is 14.7 Å². The van der Waals surface area contributed by atoms with Crippen LogP contribution in [-0.4, -0.2) is 35.0 Å². The average Bonchev–Trinajstić information content (AvgIpc) is 3.16. The van der Waals surface area contributed by atoms with E-state index in [-0.39, 0.29) is 17.7 Å². The molecule has 0 unspecified atom stereocenters. The van der Waals surface area contributed by atoms with Crippen molar-refractivity contribution >= 4 is 18.0 Å². The summed E-state index contributed by atoms with van der Waals surface area (Å²) >= 11 is 0. The Balaban J connectivity index is 2.04. The van der Waals surface area contributed by atoms with Crippen molar-refractivity contribution in [3.05, 3.63) is 46.7 Å². The fourth-order valence-electron chi connectivity index (χ4n) is 3.54. The highest BCUT2D eigenvalue weighted by atomic mass is 16.5. The summed E-state index contributed by atoms with van der Waals surface area (Å²) in [6.45, 7) is 1.81. The molecule has 0 saturated heterocycles. The third-order valence-corrected chi connectivity index (χ3v) is 4.73. The number of aromatic hydroxyl groups is 1. The number of carbonyl (C=O) groups excluding carboxylic acids is 2. The molecule has 1 amide bonds. The minimum atomic E-state index is -0.494. The molecule has 0 radical (unpaired) electrons. The van der Waals surface area contributed by atoms with Crippen molar-refractivity contribution < 1.29 is 19.4 Å². The second-order valence-corrected chi connectivity index (χ2v) is 6.21. The Labute approximate surface area is 141 Å². The highest BCUT2D eigenvalue weighted by Crippen LogP contribution is 2.37. The van der Waals surface area contributed by atoms with E-state index in [4.69, 9.17) is 4.74 Å². The zero-order valence-corrected chi connectivity index (χ0v) is 13.9. The molecule has 0 atom stereocenters. The smallest absolute Gasteiger partial charge is 0.340 e. The summed E-state index contributed by atoms with van der Waals surface area (Å²) in [4.78, 5) is 27.0. The average molecular weight is 327 g/mol. The van der Waals surface area contributed by atoms with E-state index in [0.717, 1.165) is 31.2 Å². The van der Waals surface area contributed by atoms with E-state index in [0.29, 0.717) is 16.8 Å². The van der Waals surface area contributed by atoms with Crippen LogP contribution < -0.4 is 0 Å². The van der Waals surface area contributed by atoms with Gasteiger partial charge in [0.25, 0.3) is 5.91 Å². The number of phenols is 1. The van der Waals surface area contributed by atoms with Gasteiger partial charge >= 0.3 is 5.97 Å². The normalized spacial score (nSPS) is 20.3. The largest absolute Gasteiger partial charge is 0.508 e.